The summed E-state index contributed by atoms with van der Waals surface area (Å²) in [6.45, 7) is 4.66. The monoisotopic (exact) mass is 458 g/mol. The van der Waals surface area contributed by atoms with Crippen molar-refractivity contribution in [2.24, 2.45) is 0 Å². The summed E-state index contributed by atoms with van der Waals surface area (Å²) in [5, 5.41) is 1.23. The van der Waals surface area contributed by atoms with E-state index in [1.165, 1.54) is 11.1 Å². The lowest BCUT2D eigenvalue weighted by Crippen LogP contribution is -2.35. The second kappa shape index (κ2) is 10.1. The molecule has 0 spiro atoms. The second-order valence-electron chi connectivity index (χ2n) is 7.90. The number of hydrogen-bond donors (Lipinski definition) is 1. The third kappa shape index (κ3) is 5.20. The highest BCUT2D eigenvalue weighted by Gasteiger charge is 2.34. The molecule has 1 N–H and O–H groups in total. The fourth-order valence-corrected chi connectivity index (χ4v) is 3.70. The van der Waals surface area contributed by atoms with Crippen LogP contribution in [0.25, 0.3) is 6.08 Å². The highest BCUT2D eigenvalue weighted by Crippen LogP contribution is 2.29. The van der Waals surface area contributed by atoms with Gasteiger partial charge < -0.3 is 14.2 Å². The van der Waals surface area contributed by atoms with Gasteiger partial charge in [0.2, 0.25) is 0 Å². The van der Waals surface area contributed by atoms with Gasteiger partial charge in [-0.1, -0.05) is 24.3 Å². The van der Waals surface area contributed by atoms with E-state index in [1.807, 2.05) is 32.0 Å². The Labute approximate surface area is 198 Å². The molecule has 1 aliphatic rings. The number of carbonyl (C=O) groups excluding carboxylic acids is 2. The number of carbonyl (C=O) groups is 2. The number of nitrogens with zero attached hydrogens (tertiary/aromatic N) is 1. The zero-order valence-electron chi connectivity index (χ0n) is 19.3. The molecule has 1 saturated heterocycles. The molecule has 0 unspecified atom stereocenters. The zero-order valence-corrected chi connectivity index (χ0v) is 19.3. The molecule has 0 aliphatic carbocycles. The average molecular weight is 459 g/mol. The number of aryl methyl sites for hydroxylation is 2. The van der Waals surface area contributed by atoms with Crippen molar-refractivity contribution in [1.29, 1.82) is 0 Å². The van der Waals surface area contributed by atoms with Gasteiger partial charge in [-0.25, -0.2) is 5.01 Å². The SMILES string of the molecule is COc1ccc(OCCOc2cc(C)cc(C)c2)c(C=C2C(=O)NN(c3ccccc3)C2=O)c1. The van der Waals surface area contributed by atoms with Crippen LogP contribution in [-0.2, 0) is 9.59 Å². The number of ether oxygens (including phenoxy) is 3. The Morgan fingerprint density at radius 1 is 0.853 bits per heavy atom. The van der Waals surface area contributed by atoms with Crippen LogP contribution in [0.4, 0.5) is 5.69 Å². The van der Waals surface area contributed by atoms with Crippen LogP contribution in [0.5, 0.6) is 17.2 Å². The maximum atomic E-state index is 12.9. The first-order valence-corrected chi connectivity index (χ1v) is 10.9. The lowest BCUT2D eigenvalue weighted by Gasteiger charge is -2.14. The summed E-state index contributed by atoms with van der Waals surface area (Å²) in [5.74, 6) is 0.948. The molecular formula is C27H26N2O5. The van der Waals surface area contributed by atoms with Crippen molar-refractivity contribution in [1.82, 2.24) is 5.43 Å². The first kappa shape index (κ1) is 22.9. The van der Waals surface area contributed by atoms with Gasteiger partial charge in [-0.05, 0) is 73.5 Å². The van der Waals surface area contributed by atoms with Crippen LogP contribution in [0.3, 0.4) is 0 Å². The van der Waals surface area contributed by atoms with Crippen molar-refractivity contribution in [2.75, 3.05) is 25.3 Å². The summed E-state index contributed by atoms with van der Waals surface area (Å²) in [4.78, 5) is 25.5. The van der Waals surface area contributed by atoms with E-state index >= 15 is 0 Å². The molecule has 1 fully saturated rings. The summed E-state index contributed by atoms with van der Waals surface area (Å²) >= 11 is 0. The summed E-state index contributed by atoms with van der Waals surface area (Å²) in [6, 6.07) is 20.2. The molecule has 3 aromatic carbocycles. The highest BCUT2D eigenvalue weighted by molar-refractivity contribution is 6.31. The topological polar surface area (TPSA) is 77.1 Å². The van der Waals surface area contributed by atoms with Crippen LogP contribution in [0.1, 0.15) is 16.7 Å². The third-order valence-corrected chi connectivity index (χ3v) is 5.23. The Morgan fingerprint density at radius 3 is 2.26 bits per heavy atom. The molecule has 34 heavy (non-hydrogen) atoms. The minimum Gasteiger partial charge on any atom is -0.497 e. The largest absolute Gasteiger partial charge is 0.497 e. The van der Waals surface area contributed by atoms with Gasteiger partial charge in [-0.2, -0.15) is 0 Å². The molecular weight excluding hydrogens is 432 g/mol. The second-order valence-corrected chi connectivity index (χ2v) is 7.90. The molecule has 4 rings (SSSR count). The van der Waals surface area contributed by atoms with Gasteiger partial charge in [0.15, 0.2) is 0 Å². The van der Waals surface area contributed by atoms with Crippen LogP contribution in [0.2, 0.25) is 0 Å². The fraction of sp³-hybridized carbons (Fsp3) is 0.185. The number of hydrogen-bond acceptors (Lipinski definition) is 5. The Hall–Kier alpha value is -4.26. The van der Waals surface area contributed by atoms with Crippen LogP contribution in [0, 0.1) is 13.8 Å². The molecule has 1 aliphatic heterocycles. The van der Waals surface area contributed by atoms with E-state index in [1.54, 1.807) is 49.6 Å². The molecule has 2 amide bonds. The van der Waals surface area contributed by atoms with Gasteiger partial charge in [0.25, 0.3) is 11.8 Å². The summed E-state index contributed by atoms with van der Waals surface area (Å²) in [5.41, 5.74) is 6.00. The normalized spacial score (nSPS) is 14.3. The Kier molecular flexibility index (Phi) is 6.82. The summed E-state index contributed by atoms with van der Waals surface area (Å²) < 4.78 is 17.1. The van der Waals surface area contributed by atoms with Crippen LogP contribution in [-0.4, -0.2) is 32.1 Å². The molecule has 174 valence electrons. The number of hydrazine groups is 1. The Morgan fingerprint density at radius 2 is 1.56 bits per heavy atom. The maximum Gasteiger partial charge on any atom is 0.282 e. The van der Waals surface area contributed by atoms with E-state index in [-0.39, 0.29) is 12.2 Å². The van der Waals surface area contributed by atoms with Crippen molar-refractivity contribution in [3.63, 3.8) is 0 Å². The molecule has 0 saturated carbocycles. The Balaban J connectivity index is 1.50. The minimum absolute atomic E-state index is 0.00782. The molecule has 3 aromatic rings. The first-order valence-electron chi connectivity index (χ1n) is 10.9. The fourth-order valence-electron chi connectivity index (χ4n) is 3.70. The van der Waals surface area contributed by atoms with Crippen LogP contribution >= 0.6 is 0 Å². The van der Waals surface area contributed by atoms with Gasteiger partial charge in [0, 0.05) is 5.56 Å². The number of para-hydroxylation sites is 1. The van der Waals surface area contributed by atoms with Crippen molar-refractivity contribution >= 4 is 23.6 Å². The lowest BCUT2D eigenvalue weighted by atomic mass is 10.1. The number of benzene rings is 3. The maximum absolute atomic E-state index is 12.9. The zero-order chi connectivity index (χ0) is 24.1. The number of anilines is 1. The summed E-state index contributed by atoms with van der Waals surface area (Å²) in [7, 11) is 1.55. The number of nitrogens with one attached hydrogen (secondary N) is 1. The van der Waals surface area contributed by atoms with E-state index in [0.717, 1.165) is 16.9 Å². The van der Waals surface area contributed by atoms with Crippen LogP contribution in [0.15, 0.2) is 72.3 Å². The lowest BCUT2D eigenvalue weighted by molar-refractivity contribution is -0.117. The van der Waals surface area contributed by atoms with Gasteiger partial charge >= 0.3 is 0 Å². The van der Waals surface area contributed by atoms with E-state index in [9.17, 15) is 9.59 Å². The molecule has 1 heterocycles. The number of amides is 2. The number of methoxy groups -OCH3 is 1. The first-order chi connectivity index (χ1) is 16.4. The van der Waals surface area contributed by atoms with Crippen molar-refractivity contribution < 1.29 is 23.8 Å². The number of rotatable bonds is 8. The van der Waals surface area contributed by atoms with Crippen molar-refractivity contribution in [2.45, 2.75) is 13.8 Å². The predicted molar refractivity (Wildman–Crippen MR) is 130 cm³/mol. The summed E-state index contributed by atoms with van der Waals surface area (Å²) in [6.07, 6.45) is 1.52. The molecule has 7 heteroatoms. The van der Waals surface area contributed by atoms with Gasteiger partial charge in [-0.15, -0.1) is 0 Å². The standard InChI is InChI=1S/C27H26N2O5/c1-18-13-19(2)15-23(14-18)33-11-12-34-25-10-9-22(32-3)16-20(25)17-24-26(30)28-29(27(24)31)21-7-5-4-6-8-21/h4-10,13-17H,11-12H2,1-3H3,(H,28,30). The molecule has 7 nitrogen and oxygen atoms in total. The van der Waals surface area contributed by atoms with E-state index < -0.39 is 11.8 Å². The quantitative estimate of drug-likeness (QED) is 0.311. The third-order valence-electron chi connectivity index (χ3n) is 5.23. The Bertz CT molecular complexity index is 1220. The molecule has 0 bridgehead atoms. The van der Waals surface area contributed by atoms with Gasteiger partial charge in [0.1, 0.15) is 36.0 Å². The van der Waals surface area contributed by atoms with E-state index in [4.69, 9.17) is 14.2 Å². The smallest absolute Gasteiger partial charge is 0.282 e. The van der Waals surface area contributed by atoms with Gasteiger partial charge in [-0.3, -0.25) is 15.0 Å². The molecule has 0 aromatic heterocycles. The van der Waals surface area contributed by atoms with Crippen LogP contribution < -0.4 is 24.6 Å². The van der Waals surface area contributed by atoms with Gasteiger partial charge in [0.05, 0.1) is 12.8 Å². The minimum atomic E-state index is -0.485. The predicted octanol–water partition coefficient (Wildman–Crippen LogP) is 4.23. The molecule has 0 radical (unpaired) electrons. The molecule has 0 atom stereocenters. The van der Waals surface area contributed by atoms with Crippen molar-refractivity contribution in [3.05, 3.63) is 89.0 Å². The highest BCUT2D eigenvalue weighted by atomic mass is 16.5. The van der Waals surface area contributed by atoms with Crippen molar-refractivity contribution in [3.8, 4) is 17.2 Å². The average Bonchev–Trinajstić information content (AvgIpc) is 3.11. The van der Waals surface area contributed by atoms with E-state index in [2.05, 4.69) is 11.5 Å². The van der Waals surface area contributed by atoms with E-state index in [0.29, 0.717) is 29.4 Å².